The van der Waals surface area contributed by atoms with Crippen LogP contribution in [-0.4, -0.2) is 41.0 Å². The number of hydrogen-bond acceptors (Lipinski definition) is 5. The molecular formula is C11H12N4O4S. The Hall–Kier alpha value is -2.26. The second kappa shape index (κ2) is 5.80. The molecule has 0 aliphatic heterocycles. The summed E-state index contributed by atoms with van der Waals surface area (Å²) in [7, 11) is -3.57. The van der Waals surface area contributed by atoms with E-state index in [1.807, 2.05) is 0 Å². The standard InChI is InChI=1S/C11H12N4O4S/c16-11(17)10-8-15(14-13-10)7-6-12-20(18,19)9-4-2-1-3-5-9/h1-5,8,12H,6-7H2,(H,16,17). The molecule has 0 spiro atoms. The molecule has 0 fully saturated rings. The van der Waals surface area contributed by atoms with E-state index in [4.69, 9.17) is 5.11 Å². The Labute approximate surface area is 115 Å². The smallest absolute Gasteiger partial charge is 0.358 e. The normalized spacial score (nSPS) is 11.4. The molecule has 9 heteroatoms. The van der Waals surface area contributed by atoms with Crippen LogP contribution in [0.25, 0.3) is 0 Å². The Bertz CT molecular complexity index is 696. The van der Waals surface area contributed by atoms with Crippen LogP contribution in [-0.2, 0) is 16.6 Å². The number of aromatic nitrogens is 3. The molecular weight excluding hydrogens is 284 g/mol. The van der Waals surface area contributed by atoms with Crippen molar-refractivity contribution in [3.8, 4) is 0 Å². The van der Waals surface area contributed by atoms with Crippen molar-refractivity contribution in [2.45, 2.75) is 11.4 Å². The van der Waals surface area contributed by atoms with Crippen LogP contribution in [0.3, 0.4) is 0 Å². The molecule has 2 aromatic rings. The number of carboxylic acids is 1. The molecule has 1 aromatic heterocycles. The third kappa shape index (κ3) is 3.39. The molecule has 0 atom stereocenters. The molecule has 0 saturated carbocycles. The summed E-state index contributed by atoms with van der Waals surface area (Å²) in [6.07, 6.45) is 1.24. The van der Waals surface area contributed by atoms with Gasteiger partial charge in [-0.1, -0.05) is 23.4 Å². The maximum Gasteiger partial charge on any atom is 0.358 e. The van der Waals surface area contributed by atoms with Gasteiger partial charge in [0.15, 0.2) is 5.69 Å². The number of aromatic carboxylic acids is 1. The van der Waals surface area contributed by atoms with Gasteiger partial charge in [0, 0.05) is 6.54 Å². The van der Waals surface area contributed by atoms with Gasteiger partial charge in [-0.2, -0.15) is 0 Å². The summed E-state index contributed by atoms with van der Waals surface area (Å²) in [5.74, 6) is -1.18. The van der Waals surface area contributed by atoms with E-state index >= 15 is 0 Å². The first kappa shape index (κ1) is 14.2. The molecule has 0 aliphatic rings. The van der Waals surface area contributed by atoms with Crippen molar-refractivity contribution >= 4 is 16.0 Å². The first-order valence-electron chi connectivity index (χ1n) is 5.67. The fourth-order valence-electron chi connectivity index (χ4n) is 1.48. The van der Waals surface area contributed by atoms with Gasteiger partial charge in [0.2, 0.25) is 10.0 Å². The Kier molecular flexibility index (Phi) is 4.11. The highest BCUT2D eigenvalue weighted by Gasteiger charge is 2.13. The largest absolute Gasteiger partial charge is 0.476 e. The lowest BCUT2D eigenvalue weighted by Gasteiger charge is -2.06. The maximum atomic E-state index is 11.9. The fraction of sp³-hybridized carbons (Fsp3) is 0.182. The molecule has 0 saturated heterocycles. The predicted octanol–water partition coefficient (Wildman–Crippen LogP) is -0.0452. The fourth-order valence-corrected chi connectivity index (χ4v) is 2.53. The highest BCUT2D eigenvalue weighted by atomic mass is 32.2. The molecule has 0 amide bonds. The second-order valence-corrected chi connectivity index (χ2v) is 5.65. The van der Waals surface area contributed by atoms with Crippen LogP contribution in [0.2, 0.25) is 0 Å². The summed E-state index contributed by atoms with van der Waals surface area (Å²) in [6, 6.07) is 7.96. The average Bonchev–Trinajstić information content (AvgIpc) is 2.89. The third-order valence-electron chi connectivity index (χ3n) is 2.44. The van der Waals surface area contributed by atoms with Gasteiger partial charge in [-0.3, -0.25) is 4.68 Å². The first-order valence-corrected chi connectivity index (χ1v) is 7.15. The minimum Gasteiger partial charge on any atom is -0.476 e. The van der Waals surface area contributed by atoms with E-state index in [9.17, 15) is 13.2 Å². The molecule has 0 radical (unpaired) electrons. The van der Waals surface area contributed by atoms with Gasteiger partial charge in [-0.05, 0) is 12.1 Å². The van der Waals surface area contributed by atoms with Crippen molar-refractivity contribution in [1.29, 1.82) is 0 Å². The molecule has 0 bridgehead atoms. The summed E-state index contributed by atoms with van der Waals surface area (Å²) < 4.78 is 27.4. The number of hydrogen-bond donors (Lipinski definition) is 2. The van der Waals surface area contributed by atoms with Crippen LogP contribution >= 0.6 is 0 Å². The zero-order valence-electron chi connectivity index (χ0n) is 10.3. The maximum absolute atomic E-state index is 11.9. The Morgan fingerprint density at radius 1 is 1.30 bits per heavy atom. The van der Waals surface area contributed by atoms with Crippen LogP contribution in [0.4, 0.5) is 0 Å². The monoisotopic (exact) mass is 296 g/mol. The molecule has 8 nitrogen and oxygen atoms in total. The highest BCUT2D eigenvalue weighted by molar-refractivity contribution is 7.89. The number of sulfonamides is 1. The number of benzene rings is 1. The summed E-state index contributed by atoms with van der Waals surface area (Å²) >= 11 is 0. The van der Waals surface area contributed by atoms with E-state index in [2.05, 4.69) is 15.0 Å². The number of nitrogens with one attached hydrogen (secondary N) is 1. The van der Waals surface area contributed by atoms with Crippen molar-refractivity contribution in [3.05, 3.63) is 42.2 Å². The van der Waals surface area contributed by atoms with Crippen molar-refractivity contribution in [1.82, 2.24) is 19.7 Å². The van der Waals surface area contributed by atoms with Crippen molar-refractivity contribution in [2.24, 2.45) is 0 Å². The van der Waals surface area contributed by atoms with E-state index in [1.54, 1.807) is 18.2 Å². The minimum atomic E-state index is -3.57. The number of carbonyl (C=O) groups is 1. The zero-order valence-corrected chi connectivity index (χ0v) is 11.1. The van der Waals surface area contributed by atoms with Crippen LogP contribution in [0.15, 0.2) is 41.4 Å². The highest BCUT2D eigenvalue weighted by Crippen LogP contribution is 2.06. The van der Waals surface area contributed by atoms with Crippen molar-refractivity contribution in [2.75, 3.05) is 6.54 Å². The van der Waals surface area contributed by atoms with Crippen molar-refractivity contribution < 1.29 is 18.3 Å². The molecule has 2 rings (SSSR count). The first-order chi connectivity index (χ1) is 9.49. The lowest BCUT2D eigenvalue weighted by atomic mass is 10.4. The lowest BCUT2D eigenvalue weighted by Crippen LogP contribution is -2.27. The Balaban J connectivity index is 1.94. The number of carboxylic acid groups (broad SMARTS) is 1. The van der Waals surface area contributed by atoms with Gasteiger partial charge in [-0.15, -0.1) is 5.10 Å². The molecule has 20 heavy (non-hydrogen) atoms. The van der Waals surface area contributed by atoms with E-state index < -0.39 is 16.0 Å². The number of rotatable bonds is 6. The van der Waals surface area contributed by atoms with Gasteiger partial charge in [-0.25, -0.2) is 17.9 Å². The summed E-state index contributed by atoms with van der Waals surface area (Å²) in [4.78, 5) is 10.8. The van der Waals surface area contributed by atoms with Crippen LogP contribution < -0.4 is 4.72 Å². The molecule has 1 aromatic carbocycles. The van der Waals surface area contributed by atoms with Crippen molar-refractivity contribution in [3.63, 3.8) is 0 Å². The van der Waals surface area contributed by atoms with Gasteiger partial charge in [0.05, 0.1) is 17.6 Å². The molecule has 2 N–H and O–H groups in total. The van der Waals surface area contributed by atoms with E-state index in [-0.39, 0.29) is 23.7 Å². The lowest BCUT2D eigenvalue weighted by molar-refractivity contribution is 0.0690. The molecule has 1 heterocycles. The Morgan fingerprint density at radius 3 is 2.60 bits per heavy atom. The van der Waals surface area contributed by atoms with Gasteiger partial charge >= 0.3 is 5.97 Å². The van der Waals surface area contributed by atoms with E-state index in [1.165, 1.54) is 23.0 Å². The second-order valence-electron chi connectivity index (χ2n) is 3.88. The van der Waals surface area contributed by atoms with Crippen LogP contribution in [0.5, 0.6) is 0 Å². The summed E-state index contributed by atoms with van der Waals surface area (Å²) in [5, 5.41) is 15.7. The average molecular weight is 296 g/mol. The molecule has 0 aliphatic carbocycles. The van der Waals surface area contributed by atoms with Gasteiger partial charge in [0.1, 0.15) is 0 Å². The van der Waals surface area contributed by atoms with E-state index in [0.717, 1.165) is 0 Å². The van der Waals surface area contributed by atoms with Crippen LogP contribution in [0.1, 0.15) is 10.5 Å². The number of nitrogens with zero attached hydrogens (tertiary/aromatic N) is 3. The van der Waals surface area contributed by atoms with Crippen LogP contribution in [0, 0.1) is 0 Å². The van der Waals surface area contributed by atoms with Gasteiger partial charge < -0.3 is 5.11 Å². The Morgan fingerprint density at radius 2 is 2.00 bits per heavy atom. The third-order valence-corrected chi connectivity index (χ3v) is 3.92. The zero-order chi connectivity index (χ0) is 14.6. The summed E-state index contributed by atoms with van der Waals surface area (Å²) in [5.41, 5.74) is -0.184. The summed E-state index contributed by atoms with van der Waals surface area (Å²) in [6.45, 7) is 0.270. The molecule has 106 valence electrons. The quantitative estimate of drug-likeness (QED) is 0.772. The molecule has 0 unspecified atom stereocenters. The predicted molar refractivity (Wildman–Crippen MR) is 68.6 cm³/mol. The minimum absolute atomic E-state index is 0.0830. The topological polar surface area (TPSA) is 114 Å². The van der Waals surface area contributed by atoms with E-state index in [0.29, 0.717) is 0 Å². The van der Waals surface area contributed by atoms with Gasteiger partial charge in [0.25, 0.3) is 0 Å². The SMILES string of the molecule is O=C(O)c1cn(CCNS(=O)(=O)c2ccccc2)nn1.